The maximum absolute atomic E-state index is 14.0. The van der Waals surface area contributed by atoms with Crippen LogP contribution in [-0.2, 0) is 10.2 Å². The van der Waals surface area contributed by atoms with Crippen molar-refractivity contribution >= 4 is 33.5 Å². The predicted molar refractivity (Wildman–Crippen MR) is 182 cm³/mol. The van der Waals surface area contributed by atoms with E-state index >= 15 is 0 Å². The molecule has 0 radical (unpaired) electrons. The minimum atomic E-state index is -0.592. The van der Waals surface area contributed by atoms with Crippen molar-refractivity contribution in [3.8, 4) is 11.3 Å². The maximum Gasteiger partial charge on any atom is 0.317 e. The molecule has 4 aromatic rings. The summed E-state index contributed by atoms with van der Waals surface area (Å²) in [5.74, 6) is 0.680. The summed E-state index contributed by atoms with van der Waals surface area (Å²) >= 11 is 1.71. The number of carbonyl (C=O) groups excluding carboxylic acids is 2. The summed E-state index contributed by atoms with van der Waals surface area (Å²) in [5.41, 5.74) is 6.57. The third kappa shape index (κ3) is 5.45. The number of urea groups is 1. The normalized spacial score (nSPS) is 22.0. The molecule has 236 valence electrons. The Morgan fingerprint density at radius 3 is 2.36 bits per heavy atom. The molecule has 2 N–H and O–H groups in total. The van der Waals surface area contributed by atoms with Crippen LogP contribution in [0.4, 0.5) is 4.79 Å². The number of aryl methyl sites for hydroxylation is 2. The fourth-order valence-corrected chi connectivity index (χ4v) is 9.32. The van der Waals surface area contributed by atoms with Crippen molar-refractivity contribution in [2.45, 2.75) is 96.1 Å². The van der Waals surface area contributed by atoms with Crippen molar-refractivity contribution in [1.29, 1.82) is 0 Å². The third-order valence-electron chi connectivity index (χ3n) is 10.6. The van der Waals surface area contributed by atoms with E-state index in [1.54, 1.807) is 11.3 Å². The van der Waals surface area contributed by atoms with Gasteiger partial charge in [-0.3, -0.25) is 9.78 Å². The van der Waals surface area contributed by atoms with Gasteiger partial charge >= 0.3 is 6.03 Å². The van der Waals surface area contributed by atoms with E-state index in [0.717, 1.165) is 71.5 Å². The van der Waals surface area contributed by atoms with E-state index in [1.807, 2.05) is 17.3 Å². The van der Waals surface area contributed by atoms with Crippen molar-refractivity contribution in [3.63, 3.8) is 0 Å². The molecule has 8 heteroatoms. The molecule has 3 fully saturated rings. The number of nitrogens with one attached hydrogen (secondary N) is 2. The van der Waals surface area contributed by atoms with Crippen LogP contribution in [-0.4, -0.2) is 63.4 Å². The molecule has 3 aromatic heterocycles. The minimum absolute atomic E-state index is 0.00360. The summed E-state index contributed by atoms with van der Waals surface area (Å²) in [7, 11) is 0. The van der Waals surface area contributed by atoms with Gasteiger partial charge in [0.25, 0.3) is 0 Å². The molecule has 3 amide bonds. The van der Waals surface area contributed by atoms with Crippen LogP contribution in [0.2, 0.25) is 0 Å². The fraction of sp³-hybridized carbons (Fsp3) is 0.486. The van der Waals surface area contributed by atoms with Crippen molar-refractivity contribution in [2.75, 3.05) is 19.6 Å². The van der Waals surface area contributed by atoms with Crippen molar-refractivity contribution in [2.24, 2.45) is 0 Å². The second-order valence-electron chi connectivity index (χ2n) is 14.2. The lowest BCUT2D eigenvalue weighted by Gasteiger charge is -2.31. The molecular formula is C37H45N5O2S. The van der Waals surface area contributed by atoms with Gasteiger partial charge < -0.3 is 20.1 Å². The predicted octanol–water partition coefficient (Wildman–Crippen LogP) is 7.64. The minimum Gasteiger partial charge on any atom is -0.346 e. The Hall–Kier alpha value is -3.65. The van der Waals surface area contributed by atoms with Crippen molar-refractivity contribution < 1.29 is 9.59 Å². The lowest BCUT2D eigenvalue weighted by atomic mass is 9.88. The summed E-state index contributed by atoms with van der Waals surface area (Å²) < 4.78 is 0. The van der Waals surface area contributed by atoms with E-state index < -0.39 is 5.41 Å². The molecule has 3 saturated heterocycles. The number of aromatic nitrogens is 2. The van der Waals surface area contributed by atoms with Crippen LogP contribution in [0.25, 0.3) is 21.5 Å². The van der Waals surface area contributed by atoms with E-state index in [9.17, 15) is 9.59 Å². The highest BCUT2D eigenvalue weighted by atomic mass is 32.1. The number of fused-ring (bicyclic) bond motifs is 3. The van der Waals surface area contributed by atoms with Gasteiger partial charge in [-0.15, -0.1) is 11.3 Å². The van der Waals surface area contributed by atoms with Crippen LogP contribution in [0, 0.1) is 13.8 Å². The number of amides is 3. The summed E-state index contributed by atoms with van der Waals surface area (Å²) in [6.45, 7) is 12.7. The smallest absolute Gasteiger partial charge is 0.317 e. The number of benzene rings is 1. The first kappa shape index (κ1) is 30.0. The molecule has 1 unspecified atom stereocenters. The lowest BCUT2D eigenvalue weighted by molar-refractivity contribution is -0.137. The molecule has 2 bridgehead atoms. The Kier molecular flexibility index (Phi) is 7.75. The van der Waals surface area contributed by atoms with Gasteiger partial charge in [0, 0.05) is 66.2 Å². The molecule has 3 aliphatic heterocycles. The van der Waals surface area contributed by atoms with Crippen molar-refractivity contribution in [1.82, 2.24) is 25.1 Å². The maximum atomic E-state index is 14.0. The molecule has 7 nitrogen and oxygen atoms in total. The molecule has 0 saturated carbocycles. The van der Waals surface area contributed by atoms with Crippen molar-refractivity contribution in [3.05, 3.63) is 75.9 Å². The number of rotatable bonds is 7. The molecule has 45 heavy (non-hydrogen) atoms. The SMILES string of the molecule is Cc1cc(C)cc(-c2[nH]c3sc(C(C)(C)C(=O)N4C5CCC4CC5)cc3c2[C@H](C)CNC(=O)N2CCC(c3ccncc3)C2)c1. The van der Waals surface area contributed by atoms with Gasteiger partial charge in [0.15, 0.2) is 0 Å². The first-order chi connectivity index (χ1) is 21.6. The van der Waals surface area contributed by atoms with Gasteiger partial charge in [0.2, 0.25) is 5.91 Å². The van der Waals surface area contributed by atoms with Crippen LogP contribution >= 0.6 is 11.3 Å². The van der Waals surface area contributed by atoms with Gasteiger partial charge in [0.05, 0.1) is 11.1 Å². The number of hydrogen-bond donors (Lipinski definition) is 2. The van der Waals surface area contributed by atoms with Crippen LogP contribution in [0.15, 0.2) is 48.8 Å². The molecule has 1 aromatic carbocycles. The number of aromatic amines is 1. The Bertz CT molecular complexity index is 1700. The molecule has 2 atom stereocenters. The molecule has 0 aliphatic carbocycles. The Morgan fingerprint density at radius 1 is 1.02 bits per heavy atom. The average molecular weight is 624 g/mol. The van der Waals surface area contributed by atoms with E-state index in [-0.39, 0.29) is 17.9 Å². The number of likely N-dealkylation sites (tertiary alicyclic amines) is 1. The molecular weight excluding hydrogens is 579 g/mol. The fourth-order valence-electron chi connectivity index (χ4n) is 8.15. The molecule has 0 spiro atoms. The topological polar surface area (TPSA) is 81.3 Å². The van der Waals surface area contributed by atoms with Crippen LogP contribution in [0.1, 0.15) is 91.8 Å². The van der Waals surface area contributed by atoms with Crippen LogP contribution < -0.4 is 5.32 Å². The van der Waals surface area contributed by atoms with Crippen LogP contribution in [0.5, 0.6) is 0 Å². The van der Waals surface area contributed by atoms with Gasteiger partial charge in [-0.1, -0.05) is 24.1 Å². The number of pyridine rings is 1. The monoisotopic (exact) mass is 623 g/mol. The Morgan fingerprint density at radius 2 is 1.69 bits per heavy atom. The number of thiophene rings is 1. The largest absolute Gasteiger partial charge is 0.346 e. The summed E-state index contributed by atoms with van der Waals surface area (Å²) in [6.07, 6.45) is 9.20. The van der Waals surface area contributed by atoms with Gasteiger partial charge in [-0.05, 0) is 107 Å². The standard InChI is InChI=1S/C37H45N5O2S/c1-22-16-23(2)18-27(17-22)33-32(24(3)20-39-36(44)41-15-12-26(21-41)25-10-13-38-14-11-25)30-19-31(45-34(30)40-33)37(4,5)35(43)42-28-6-7-29(42)9-8-28/h10-11,13-14,16-19,24,26,28-29,40H,6-9,12,15,20-21H2,1-5H3,(H,39,44)/t24-,26?,28?,29?/m1/s1. The first-order valence-corrected chi connectivity index (χ1v) is 17.4. The number of carbonyl (C=O) groups is 2. The van der Waals surface area contributed by atoms with E-state index in [2.05, 4.69) is 91.2 Å². The Balaban J connectivity index is 1.16. The summed E-state index contributed by atoms with van der Waals surface area (Å²) in [6, 6.07) is 13.9. The molecule has 7 rings (SSSR count). The quantitative estimate of drug-likeness (QED) is 0.222. The molecule has 6 heterocycles. The Labute approximate surface area is 270 Å². The summed E-state index contributed by atoms with van der Waals surface area (Å²) in [4.78, 5) is 41.6. The number of H-pyrrole nitrogens is 1. The van der Waals surface area contributed by atoms with E-state index in [0.29, 0.717) is 24.5 Å². The summed E-state index contributed by atoms with van der Waals surface area (Å²) in [5, 5.41) is 4.43. The lowest BCUT2D eigenvalue weighted by Crippen LogP contribution is -2.45. The highest BCUT2D eigenvalue weighted by molar-refractivity contribution is 7.19. The average Bonchev–Trinajstić information content (AvgIpc) is 3.85. The highest BCUT2D eigenvalue weighted by Crippen LogP contribution is 2.46. The zero-order valence-corrected chi connectivity index (χ0v) is 28.0. The second-order valence-corrected chi connectivity index (χ2v) is 15.3. The highest BCUT2D eigenvalue weighted by Gasteiger charge is 2.47. The van der Waals surface area contributed by atoms with E-state index in [1.165, 1.54) is 22.3 Å². The zero-order chi connectivity index (χ0) is 31.5. The van der Waals surface area contributed by atoms with Crippen LogP contribution in [0.3, 0.4) is 0 Å². The number of nitrogens with zero attached hydrogens (tertiary/aromatic N) is 3. The number of hydrogen-bond acceptors (Lipinski definition) is 4. The third-order valence-corrected chi connectivity index (χ3v) is 12.0. The second kappa shape index (κ2) is 11.6. The van der Waals surface area contributed by atoms with E-state index in [4.69, 9.17) is 0 Å². The zero-order valence-electron chi connectivity index (χ0n) is 27.2. The van der Waals surface area contributed by atoms with Gasteiger partial charge in [-0.25, -0.2) is 4.79 Å². The van der Waals surface area contributed by atoms with Gasteiger partial charge in [-0.2, -0.15) is 0 Å². The van der Waals surface area contributed by atoms with Gasteiger partial charge in [0.1, 0.15) is 4.83 Å². The molecule has 3 aliphatic rings. The first-order valence-electron chi connectivity index (χ1n) is 16.6.